The zero-order chi connectivity index (χ0) is 21.0. The quantitative estimate of drug-likeness (QED) is 0.672. The Morgan fingerprint density at radius 3 is 2.79 bits per heavy atom. The monoisotopic (exact) mass is 438 g/mol. The molecule has 1 aliphatic heterocycles. The van der Waals surface area contributed by atoms with Gasteiger partial charge < -0.3 is 14.8 Å². The number of amides is 1. The molecule has 0 aromatic heterocycles. The summed E-state index contributed by atoms with van der Waals surface area (Å²) in [5.74, 6) is 0.503. The van der Waals surface area contributed by atoms with Gasteiger partial charge in [0.2, 0.25) is 10.0 Å². The first-order valence-corrected chi connectivity index (χ1v) is 11.2. The van der Waals surface area contributed by atoms with Crippen LogP contribution in [0.4, 0.5) is 5.69 Å². The van der Waals surface area contributed by atoms with E-state index in [-0.39, 0.29) is 25.4 Å². The van der Waals surface area contributed by atoms with E-state index in [1.54, 1.807) is 43.3 Å². The molecule has 0 aliphatic carbocycles. The van der Waals surface area contributed by atoms with Gasteiger partial charge in [-0.3, -0.25) is 9.10 Å². The zero-order valence-corrected chi connectivity index (χ0v) is 17.8. The van der Waals surface area contributed by atoms with Gasteiger partial charge in [-0.25, -0.2) is 8.42 Å². The smallest absolute Gasteiger partial charge is 0.263 e. The summed E-state index contributed by atoms with van der Waals surface area (Å²) in [6, 6.07) is 12.2. The predicted molar refractivity (Wildman–Crippen MR) is 112 cm³/mol. The minimum atomic E-state index is -3.53. The molecular weight excluding hydrogens is 416 g/mol. The van der Waals surface area contributed by atoms with Gasteiger partial charge in [0.1, 0.15) is 18.1 Å². The molecule has 9 heteroatoms. The van der Waals surface area contributed by atoms with E-state index in [9.17, 15) is 13.2 Å². The van der Waals surface area contributed by atoms with Gasteiger partial charge >= 0.3 is 0 Å². The maximum atomic E-state index is 12.5. The molecule has 1 atom stereocenters. The van der Waals surface area contributed by atoms with Crippen LogP contribution in [0.1, 0.15) is 12.5 Å². The molecule has 7 nitrogen and oxygen atoms in total. The number of hydrogen-bond acceptors (Lipinski definition) is 5. The Balaban J connectivity index is 1.60. The fourth-order valence-corrected chi connectivity index (χ4v) is 4.17. The van der Waals surface area contributed by atoms with Gasteiger partial charge in [-0.2, -0.15) is 0 Å². The van der Waals surface area contributed by atoms with E-state index in [0.29, 0.717) is 22.2 Å². The maximum absolute atomic E-state index is 12.5. The van der Waals surface area contributed by atoms with Crippen LogP contribution in [-0.4, -0.2) is 45.9 Å². The van der Waals surface area contributed by atoms with E-state index in [4.69, 9.17) is 21.1 Å². The van der Waals surface area contributed by atoms with Crippen molar-refractivity contribution in [1.82, 2.24) is 5.32 Å². The molecule has 0 spiro atoms. The second kappa shape index (κ2) is 8.92. The summed E-state index contributed by atoms with van der Waals surface area (Å²) in [5, 5.41) is 3.34. The molecule has 0 unspecified atom stereocenters. The number of ether oxygens (including phenoxy) is 2. The largest absolute Gasteiger partial charge is 0.492 e. The van der Waals surface area contributed by atoms with Crippen LogP contribution in [0.5, 0.6) is 11.5 Å². The standard InChI is InChI=1S/C20H23ClN2O5S/c1-3-29(25,26)23-13-19(28-18-7-5-4-6-17(18)23)20(24)22-10-11-27-15-9-8-14(2)16(21)12-15/h4-9,12,19H,3,10-11,13H2,1-2H3,(H,22,24)/t19-/m0/s1. The lowest BCUT2D eigenvalue weighted by molar-refractivity contribution is -0.127. The van der Waals surface area contributed by atoms with Gasteiger partial charge in [0.25, 0.3) is 5.91 Å². The lowest BCUT2D eigenvalue weighted by Gasteiger charge is -2.34. The Hall–Kier alpha value is -2.45. The van der Waals surface area contributed by atoms with Crippen molar-refractivity contribution in [2.45, 2.75) is 20.0 Å². The van der Waals surface area contributed by atoms with Crippen LogP contribution in [0.15, 0.2) is 42.5 Å². The fraction of sp³-hybridized carbons (Fsp3) is 0.350. The number of anilines is 1. The van der Waals surface area contributed by atoms with E-state index >= 15 is 0 Å². The van der Waals surface area contributed by atoms with Crippen molar-refractivity contribution in [3.63, 3.8) is 0 Å². The Labute approximate surface area is 175 Å². The van der Waals surface area contributed by atoms with Crippen LogP contribution in [0.25, 0.3) is 0 Å². The van der Waals surface area contributed by atoms with Gasteiger partial charge in [-0.1, -0.05) is 29.8 Å². The van der Waals surface area contributed by atoms with Crippen LogP contribution >= 0.6 is 11.6 Å². The first-order chi connectivity index (χ1) is 13.8. The van der Waals surface area contributed by atoms with Crippen molar-refractivity contribution in [3.05, 3.63) is 53.1 Å². The highest BCUT2D eigenvalue weighted by atomic mass is 35.5. The first-order valence-electron chi connectivity index (χ1n) is 9.24. The van der Waals surface area contributed by atoms with Gasteiger partial charge in [-0.15, -0.1) is 0 Å². The van der Waals surface area contributed by atoms with E-state index < -0.39 is 22.0 Å². The molecule has 0 fully saturated rings. The van der Waals surface area contributed by atoms with Gasteiger partial charge in [0.15, 0.2) is 6.10 Å². The molecule has 1 aliphatic rings. The van der Waals surface area contributed by atoms with Crippen molar-refractivity contribution < 1.29 is 22.7 Å². The van der Waals surface area contributed by atoms with E-state index in [0.717, 1.165) is 5.56 Å². The molecule has 3 rings (SSSR count). The van der Waals surface area contributed by atoms with Gasteiger partial charge in [-0.05, 0) is 43.7 Å². The van der Waals surface area contributed by atoms with Crippen LogP contribution < -0.4 is 19.1 Å². The molecule has 0 bridgehead atoms. The molecule has 0 radical (unpaired) electrons. The fourth-order valence-electron chi connectivity index (χ4n) is 2.88. The molecule has 156 valence electrons. The number of rotatable bonds is 7. The van der Waals surface area contributed by atoms with Crippen molar-refractivity contribution >= 4 is 33.2 Å². The summed E-state index contributed by atoms with van der Waals surface area (Å²) in [6.45, 7) is 3.87. The highest BCUT2D eigenvalue weighted by Crippen LogP contribution is 2.35. The normalized spacial score (nSPS) is 16.0. The Bertz CT molecular complexity index is 996. The Morgan fingerprint density at radius 2 is 2.07 bits per heavy atom. The SMILES string of the molecule is CCS(=O)(=O)N1C[C@@H](C(=O)NCCOc2ccc(C)c(Cl)c2)Oc2ccccc21. The van der Waals surface area contributed by atoms with Crippen molar-refractivity contribution in [3.8, 4) is 11.5 Å². The lowest BCUT2D eigenvalue weighted by Crippen LogP contribution is -2.51. The predicted octanol–water partition coefficient (Wildman–Crippen LogP) is 2.76. The van der Waals surface area contributed by atoms with E-state index in [1.165, 1.54) is 4.31 Å². The second-order valence-electron chi connectivity index (χ2n) is 6.56. The molecule has 29 heavy (non-hydrogen) atoms. The minimum absolute atomic E-state index is 0.0668. The lowest BCUT2D eigenvalue weighted by atomic mass is 10.2. The number of carbonyl (C=O) groups is 1. The minimum Gasteiger partial charge on any atom is -0.492 e. The number of halogens is 1. The molecule has 2 aromatic rings. The average Bonchev–Trinajstić information content (AvgIpc) is 2.72. The average molecular weight is 439 g/mol. The topological polar surface area (TPSA) is 84.9 Å². The molecule has 2 aromatic carbocycles. The van der Waals surface area contributed by atoms with Crippen molar-refractivity contribution in [2.75, 3.05) is 29.8 Å². The summed E-state index contributed by atoms with van der Waals surface area (Å²) >= 11 is 6.06. The first kappa shape index (κ1) is 21.3. The van der Waals surface area contributed by atoms with E-state index in [1.807, 2.05) is 13.0 Å². The summed E-state index contributed by atoms with van der Waals surface area (Å²) in [6.07, 6.45) is -0.944. The third-order valence-corrected chi connectivity index (χ3v) is 6.70. The third kappa shape index (κ3) is 4.94. The van der Waals surface area contributed by atoms with Crippen LogP contribution in [0, 0.1) is 6.92 Å². The summed E-state index contributed by atoms with van der Waals surface area (Å²) in [5.41, 5.74) is 1.40. The number of aryl methyl sites for hydroxylation is 1. The molecule has 1 N–H and O–H groups in total. The molecule has 1 heterocycles. The number of nitrogens with one attached hydrogen (secondary N) is 1. The summed E-state index contributed by atoms with van der Waals surface area (Å²) < 4.78 is 37.5. The maximum Gasteiger partial charge on any atom is 0.263 e. The van der Waals surface area contributed by atoms with Crippen LogP contribution in [0.3, 0.4) is 0 Å². The Morgan fingerprint density at radius 1 is 1.31 bits per heavy atom. The third-order valence-electron chi connectivity index (χ3n) is 4.54. The van der Waals surface area contributed by atoms with Crippen molar-refractivity contribution in [2.24, 2.45) is 0 Å². The summed E-state index contributed by atoms with van der Waals surface area (Å²) in [4.78, 5) is 12.5. The highest BCUT2D eigenvalue weighted by molar-refractivity contribution is 7.92. The number of para-hydroxylation sites is 2. The zero-order valence-electron chi connectivity index (χ0n) is 16.2. The number of hydrogen-bond donors (Lipinski definition) is 1. The summed E-state index contributed by atoms with van der Waals surface area (Å²) in [7, 11) is -3.53. The number of carbonyl (C=O) groups excluding carboxylic acids is 1. The number of sulfonamides is 1. The van der Waals surface area contributed by atoms with Gasteiger partial charge in [0.05, 0.1) is 24.5 Å². The van der Waals surface area contributed by atoms with Crippen LogP contribution in [0.2, 0.25) is 5.02 Å². The molecule has 0 saturated carbocycles. The molecule has 0 saturated heterocycles. The van der Waals surface area contributed by atoms with Gasteiger partial charge in [0, 0.05) is 5.02 Å². The number of nitrogens with zero attached hydrogens (tertiary/aromatic N) is 1. The molecular formula is C20H23ClN2O5S. The molecule has 1 amide bonds. The second-order valence-corrected chi connectivity index (χ2v) is 9.15. The van der Waals surface area contributed by atoms with Crippen molar-refractivity contribution in [1.29, 1.82) is 0 Å². The highest BCUT2D eigenvalue weighted by Gasteiger charge is 2.35. The Kier molecular flexibility index (Phi) is 6.54. The van der Waals surface area contributed by atoms with Crippen LogP contribution in [-0.2, 0) is 14.8 Å². The number of benzene rings is 2. The van der Waals surface area contributed by atoms with E-state index in [2.05, 4.69) is 5.32 Å². The number of fused-ring (bicyclic) bond motifs is 1.